The minimum Gasteiger partial charge on any atom is -0.404 e. The van der Waals surface area contributed by atoms with E-state index in [-0.39, 0.29) is 29.9 Å². The van der Waals surface area contributed by atoms with Crippen LogP contribution in [0.15, 0.2) is 83.6 Å². The smallest absolute Gasteiger partial charge is 0.404 e. The first-order chi connectivity index (χ1) is 24.0. The summed E-state index contributed by atoms with van der Waals surface area (Å²) in [5.41, 5.74) is -4.56. The van der Waals surface area contributed by atoms with Gasteiger partial charge in [0.2, 0.25) is 0 Å². The maximum absolute atomic E-state index is 13.7. The third-order valence-electron chi connectivity index (χ3n) is 10.6. The number of hydrogen-bond acceptors (Lipinski definition) is 8. The lowest BCUT2D eigenvalue weighted by Gasteiger charge is -2.42. The number of ether oxygens (including phenoxy) is 4. The molecule has 1 saturated carbocycles. The van der Waals surface area contributed by atoms with Crippen LogP contribution in [0.25, 0.3) is 0 Å². The van der Waals surface area contributed by atoms with Crippen LogP contribution in [0, 0.1) is 11.3 Å². The van der Waals surface area contributed by atoms with Crippen LogP contribution in [-0.2, 0) is 37.7 Å². The minimum atomic E-state index is -5.95. The summed E-state index contributed by atoms with van der Waals surface area (Å²) >= 11 is 0. The molecule has 1 spiro atoms. The third kappa shape index (κ3) is 8.34. The standard InChI is InChI=1S/C38H51F3O8SSi/c1-28(20-21-48-51(35(2,3)4,29-15-9-7-10-16-29)30-17-11-8-12-18-30)14-13-19-31-32-24-37(46-22-23-47-37)26-36(32,5)25-33(45-27-44-6)34(31)49-50(42,43)38(39,40)41/h7-12,15-18,20,32-33H,13-14,19,21-27H2,1-6H3/b28-20+/t32-,33?,36+/m0/s1. The van der Waals surface area contributed by atoms with E-state index in [1.54, 1.807) is 0 Å². The van der Waals surface area contributed by atoms with Gasteiger partial charge in [-0.1, -0.05) is 100 Å². The van der Waals surface area contributed by atoms with E-state index < -0.39 is 41.2 Å². The summed E-state index contributed by atoms with van der Waals surface area (Å²) in [5, 5.41) is 2.17. The molecule has 2 fully saturated rings. The van der Waals surface area contributed by atoms with Gasteiger partial charge in [0.15, 0.2) is 5.79 Å². The highest BCUT2D eigenvalue weighted by Gasteiger charge is 2.61. The molecule has 2 aromatic carbocycles. The Labute approximate surface area is 301 Å². The van der Waals surface area contributed by atoms with Crippen LogP contribution in [0.2, 0.25) is 5.04 Å². The van der Waals surface area contributed by atoms with Crippen LogP contribution in [-0.4, -0.2) is 67.9 Å². The van der Waals surface area contributed by atoms with Crippen LogP contribution >= 0.6 is 0 Å². The van der Waals surface area contributed by atoms with Gasteiger partial charge in [-0.15, -0.1) is 0 Å². The molecule has 1 unspecified atom stereocenters. The predicted molar refractivity (Wildman–Crippen MR) is 191 cm³/mol. The molecule has 13 heteroatoms. The highest BCUT2D eigenvalue weighted by atomic mass is 32.2. The van der Waals surface area contributed by atoms with Gasteiger partial charge in [-0.25, -0.2) is 0 Å². The molecule has 1 aliphatic heterocycles. The van der Waals surface area contributed by atoms with E-state index in [1.165, 1.54) is 17.5 Å². The molecule has 0 bridgehead atoms. The fraction of sp³-hybridized carbons (Fsp3) is 0.579. The normalized spacial score (nSPS) is 24.3. The van der Waals surface area contributed by atoms with E-state index in [9.17, 15) is 21.6 Å². The number of alkyl halides is 3. The monoisotopic (exact) mass is 752 g/mol. The topological polar surface area (TPSA) is 89.5 Å². The van der Waals surface area contributed by atoms with Crippen molar-refractivity contribution in [2.24, 2.45) is 11.3 Å². The lowest BCUT2D eigenvalue weighted by Crippen LogP contribution is -2.66. The summed E-state index contributed by atoms with van der Waals surface area (Å²) in [6.07, 6.45) is 3.55. The van der Waals surface area contributed by atoms with Crippen LogP contribution in [0.5, 0.6) is 0 Å². The Morgan fingerprint density at radius 3 is 2.10 bits per heavy atom. The maximum atomic E-state index is 13.7. The van der Waals surface area contributed by atoms with Crippen molar-refractivity contribution >= 4 is 28.8 Å². The molecule has 0 amide bonds. The van der Waals surface area contributed by atoms with Crippen LogP contribution in [0.1, 0.15) is 73.1 Å². The molecule has 8 nitrogen and oxygen atoms in total. The molecule has 51 heavy (non-hydrogen) atoms. The van der Waals surface area contributed by atoms with Gasteiger partial charge in [0.05, 0.1) is 19.8 Å². The second kappa shape index (κ2) is 15.4. The first-order valence-corrected chi connectivity index (χ1v) is 20.8. The molecule has 1 saturated heterocycles. The Morgan fingerprint density at radius 2 is 1.57 bits per heavy atom. The third-order valence-corrected chi connectivity index (χ3v) is 16.5. The van der Waals surface area contributed by atoms with Crippen LogP contribution in [0.3, 0.4) is 0 Å². The Morgan fingerprint density at radius 1 is 0.980 bits per heavy atom. The zero-order valence-corrected chi connectivity index (χ0v) is 32.2. The van der Waals surface area contributed by atoms with Crippen molar-refractivity contribution in [1.82, 2.24) is 0 Å². The van der Waals surface area contributed by atoms with Crippen molar-refractivity contribution in [1.29, 1.82) is 0 Å². The van der Waals surface area contributed by atoms with Crippen LogP contribution < -0.4 is 10.4 Å². The summed E-state index contributed by atoms with van der Waals surface area (Å²) in [7, 11) is -7.31. The molecule has 3 aliphatic rings. The molecule has 2 aliphatic carbocycles. The maximum Gasteiger partial charge on any atom is 0.534 e. The molecule has 3 atom stereocenters. The first-order valence-electron chi connectivity index (χ1n) is 17.5. The highest BCUT2D eigenvalue weighted by Crippen LogP contribution is 2.61. The quantitative estimate of drug-likeness (QED) is 0.0651. The van der Waals surface area contributed by atoms with Gasteiger partial charge in [0, 0.05) is 20.0 Å². The highest BCUT2D eigenvalue weighted by molar-refractivity contribution is 7.87. The minimum absolute atomic E-state index is 0.183. The number of halogens is 3. The van der Waals surface area contributed by atoms with Crippen molar-refractivity contribution in [3.8, 4) is 0 Å². The molecule has 0 radical (unpaired) electrons. The zero-order chi connectivity index (χ0) is 37.1. The molecule has 0 N–H and O–H groups in total. The number of methoxy groups -OCH3 is 1. The van der Waals surface area contributed by atoms with Crippen molar-refractivity contribution in [2.45, 2.75) is 95.6 Å². The summed E-state index contributed by atoms with van der Waals surface area (Å²) < 4.78 is 101. The number of rotatable bonds is 14. The average Bonchev–Trinajstić information content (AvgIpc) is 3.64. The second-order valence-corrected chi connectivity index (χ2v) is 21.1. The van der Waals surface area contributed by atoms with Gasteiger partial charge in [-0.05, 0) is 64.9 Å². The summed E-state index contributed by atoms with van der Waals surface area (Å²) in [4.78, 5) is 0. The number of benzene rings is 2. The molecular formula is C38H51F3O8SSi. The van der Waals surface area contributed by atoms with Crippen molar-refractivity contribution in [3.05, 3.63) is 83.6 Å². The van der Waals surface area contributed by atoms with Crippen molar-refractivity contribution in [2.75, 3.05) is 33.7 Å². The lowest BCUT2D eigenvalue weighted by atomic mass is 9.66. The van der Waals surface area contributed by atoms with E-state index in [4.69, 9.17) is 27.6 Å². The van der Waals surface area contributed by atoms with E-state index in [0.29, 0.717) is 57.5 Å². The number of fused-ring (bicyclic) bond motifs is 1. The van der Waals surface area contributed by atoms with E-state index in [0.717, 1.165) is 5.57 Å². The van der Waals surface area contributed by atoms with Gasteiger partial charge in [0.1, 0.15) is 18.7 Å². The van der Waals surface area contributed by atoms with Gasteiger partial charge in [-0.3, -0.25) is 0 Å². The Bertz CT molecular complexity index is 1610. The zero-order valence-electron chi connectivity index (χ0n) is 30.4. The number of allylic oxidation sites excluding steroid dienone is 2. The molecule has 1 heterocycles. The second-order valence-electron chi connectivity index (χ2n) is 15.2. The fourth-order valence-electron chi connectivity index (χ4n) is 8.32. The molecule has 282 valence electrons. The molecule has 0 aromatic heterocycles. The lowest BCUT2D eigenvalue weighted by molar-refractivity contribution is -0.158. The van der Waals surface area contributed by atoms with Gasteiger partial charge >= 0.3 is 15.6 Å². The van der Waals surface area contributed by atoms with Gasteiger partial charge in [0.25, 0.3) is 8.32 Å². The number of hydrogen-bond donors (Lipinski definition) is 0. The summed E-state index contributed by atoms with van der Waals surface area (Å²) in [5.74, 6) is -1.53. The van der Waals surface area contributed by atoms with E-state index in [1.807, 2.05) is 50.2 Å². The Hall–Kier alpha value is -2.52. The molecule has 5 rings (SSSR count). The van der Waals surface area contributed by atoms with E-state index in [2.05, 4.69) is 51.1 Å². The fourth-order valence-corrected chi connectivity index (χ4v) is 13.4. The predicted octanol–water partition coefficient (Wildman–Crippen LogP) is 7.35. The van der Waals surface area contributed by atoms with Crippen molar-refractivity contribution < 1.29 is 49.1 Å². The largest absolute Gasteiger partial charge is 0.534 e. The van der Waals surface area contributed by atoms with Crippen LogP contribution in [0.4, 0.5) is 13.2 Å². The summed E-state index contributed by atoms with van der Waals surface area (Å²) in [6.45, 7) is 11.7. The first kappa shape index (κ1) is 39.7. The Balaban J connectivity index is 1.41. The Kier molecular flexibility index (Phi) is 12.0. The molecular weight excluding hydrogens is 702 g/mol. The van der Waals surface area contributed by atoms with Gasteiger partial charge < -0.3 is 27.6 Å². The average molecular weight is 753 g/mol. The van der Waals surface area contributed by atoms with E-state index >= 15 is 0 Å². The van der Waals surface area contributed by atoms with Crippen molar-refractivity contribution in [3.63, 3.8) is 0 Å². The summed E-state index contributed by atoms with van der Waals surface area (Å²) in [6, 6.07) is 20.8. The van der Waals surface area contributed by atoms with Gasteiger partial charge in [-0.2, -0.15) is 21.6 Å². The molecule has 2 aromatic rings. The SMILES string of the molecule is COCOC1C[C@]2(C)CC3(C[C@H]2C(CCC/C(C)=C/CO[Si](c2ccccc2)(c2ccccc2)C(C)(C)C)=C1OS(=O)(=O)C(F)(F)F)OCCO3.